The number of esters is 1. The molecule has 0 amide bonds. The van der Waals surface area contributed by atoms with Crippen molar-refractivity contribution in [3.05, 3.63) is 24.3 Å². The Morgan fingerprint density at radius 3 is 2.61 bits per heavy atom. The highest BCUT2D eigenvalue weighted by Gasteiger charge is 2.26. The number of piperidine rings is 1. The molecule has 0 bridgehead atoms. The van der Waals surface area contributed by atoms with E-state index in [-0.39, 0.29) is 11.9 Å². The molecular weight excluding hydrogens is 230 g/mol. The van der Waals surface area contributed by atoms with Gasteiger partial charge in [-0.1, -0.05) is 0 Å². The van der Waals surface area contributed by atoms with E-state index in [0.717, 1.165) is 37.4 Å². The predicted octanol–water partition coefficient (Wildman–Crippen LogP) is 2.08. The number of carbonyl (C=O) groups excluding carboxylic acids is 1. The molecule has 1 unspecified atom stereocenters. The molecule has 2 rings (SSSR count). The molecule has 1 aromatic carbocycles. The van der Waals surface area contributed by atoms with Crippen LogP contribution in [0.4, 0.5) is 5.69 Å². The monoisotopic (exact) mass is 249 g/mol. The molecule has 0 radical (unpaired) electrons. The first kappa shape index (κ1) is 12.7. The topological polar surface area (TPSA) is 38.8 Å². The maximum atomic E-state index is 11.6. The number of benzene rings is 1. The average Bonchev–Trinajstić information content (AvgIpc) is 2.46. The first-order chi connectivity index (χ1) is 8.74. The standard InChI is InChI=1S/C14H19NO3/c1-17-13-7-5-12(6-8-13)15-9-3-4-11(10-15)14(16)18-2/h5-8,11H,3-4,9-10H2,1-2H3. The molecule has 0 aromatic heterocycles. The molecule has 0 saturated carbocycles. The van der Waals surface area contributed by atoms with E-state index >= 15 is 0 Å². The molecule has 0 aliphatic carbocycles. The van der Waals surface area contributed by atoms with E-state index in [2.05, 4.69) is 4.90 Å². The van der Waals surface area contributed by atoms with Crippen molar-refractivity contribution < 1.29 is 14.3 Å². The van der Waals surface area contributed by atoms with Crippen molar-refractivity contribution in [2.24, 2.45) is 5.92 Å². The second-order valence-corrected chi connectivity index (χ2v) is 4.51. The van der Waals surface area contributed by atoms with Crippen molar-refractivity contribution in [1.29, 1.82) is 0 Å². The van der Waals surface area contributed by atoms with E-state index in [4.69, 9.17) is 9.47 Å². The molecule has 1 aliphatic heterocycles. The Morgan fingerprint density at radius 1 is 1.28 bits per heavy atom. The minimum atomic E-state index is -0.104. The smallest absolute Gasteiger partial charge is 0.310 e. The molecule has 0 spiro atoms. The number of hydrogen-bond acceptors (Lipinski definition) is 4. The van der Waals surface area contributed by atoms with Crippen LogP contribution in [-0.2, 0) is 9.53 Å². The third-order valence-electron chi connectivity index (χ3n) is 3.39. The minimum absolute atomic E-state index is 0.00847. The maximum Gasteiger partial charge on any atom is 0.310 e. The molecule has 4 heteroatoms. The van der Waals surface area contributed by atoms with Gasteiger partial charge >= 0.3 is 5.97 Å². The van der Waals surface area contributed by atoms with Crippen LogP contribution in [0.3, 0.4) is 0 Å². The quantitative estimate of drug-likeness (QED) is 0.769. The van der Waals surface area contributed by atoms with Gasteiger partial charge in [0.15, 0.2) is 0 Å². The van der Waals surface area contributed by atoms with Gasteiger partial charge in [0.05, 0.1) is 20.1 Å². The Kier molecular flexibility index (Phi) is 4.07. The summed E-state index contributed by atoms with van der Waals surface area (Å²) in [5.41, 5.74) is 1.13. The van der Waals surface area contributed by atoms with Crippen LogP contribution in [0.15, 0.2) is 24.3 Å². The van der Waals surface area contributed by atoms with E-state index in [0.29, 0.717) is 0 Å². The van der Waals surface area contributed by atoms with Crippen molar-refractivity contribution in [3.63, 3.8) is 0 Å². The zero-order valence-electron chi connectivity index (χ0n) is 10.9. The number of ether oxygens (including phenoxy) is 2. The predicted molar refractivity (Wildman–Crippen MR) is 69.9 cm³/mol. The molecular formula is C14H19NO3. The lowest BCUT2D eigenvalue weighted by molar-refractivity contribution is -0.145. The molecule has 1 saturated heterocycles. The summed E-state index contributed by atoms with van der Waals surface area (Å²) in [6, 6.07) is 7.94. The van der Waals surface area contributed by atoms with E-state index < -0.39 is 0 Å². The second-order valence-electron chi connectivity index (χ2n) is 4.51. The van der Waals surface area contributed by atoms with E-state index in [9.17, 15) is 4.79 Å². The fourth-order valence-electron chi connectivity index (χ4n) is 2.36. The van der Waals surface area contributed by atoms with Crippen molar-refractivity contribution in [1.82, 2.24) is 0 Å². The van der Waals surface area contributed by atoms with Crippen LogP contribution >= 0.6 is 0 Å². The Balaban J connectivity index is 2.05. The summed E-state index contributed by atoms with van der Waals surface area (Å²) in [4.78, 5) is 13.8. The molecule has 98 valence electrons. The molecule has 0 N–H and O–H groups in total. The number of carbonyl (C=O) groups is 1. The van der Waals surface area contributed by atoms with Gasteiger partial charge in [0.2, 0.25) is 0 Å². The molecule has 1 aliphatic rings. The van der Waals surface area contributed by atoms with Crippen LogP contribution in [-0.4, -0.2) is 33.3 Å². The summed E-state index contributed by atoms with van der Waals surface area (Å²) in [6.07, 6.45) is 1.94. The summed E-state index contributed by atoms with van der Waals surface area (Å²) < 4.78 is 9.97. The number of hydrogen-bond donors (Lipinski definition) is 0. The molecule has 1 aromatic rings. The Labute approximate surface area is 107 Å². The van der Waals surface area contributed by atoms with Gasteiger partial charge in [-0.2, -0.15) is 0 Å². The van der Waals surface area contributed by atoms with Crippen LogP contribution in [0.1, 0.15) is 12.8 Å². The summed E-state index contributed by atoms with van der Waals surface area (Å²) in [7, 11) is 3.11. The highest BCUT2D eigenvalue weighted by atomic mass is 16.5. The molecule has 1 fully saturated rings. The summed E-state index contributed by atoms with van der Waals surface area (Å²) in [6.45, 7) is 1.72. The maximum absolute atomic E-state index is 11.6. The van der Waals surface area contributed by atoms with Gasteiger partial charge in [-0.05, 0) is 37.1 Å². The third kappa shape index (κ3) is 2.75. The second kappa shape index (κ2) is 5.76. The van der Waals surface area contributed by atoms with Gasteiger partial charge in [0.25, 0.3) is 0 Å². The largest absolute Gasteiger partial charge is 0.497 e. The SMILES string of the molecule is COC(=O)C1CCCN(c2ccc(OC)cc2)C1. The van der Waals surface area contributed by atoms with E-state index in [1.54, 1.807) is 7.11 Å². The summed E-state index contributed by atoms with van der Waals surface area (Å²) in [5.74, 6) is 0.736. The van der Waals surface area contributed by atoms with Gasteiger partial charge in [0, 0.05) is 18.8 Å². The van der Waals surface area contributed by atoms with Crippen LogP contribution in [0.2, 0.25) is 0 Å². The fraction of sp³-hybridized carbons (Fsp3) is 0.500. The van der Waals surface area contributed by atoms with Crippen LogP contribution < -0.4 is 9.64 Å². The molecule has 1 atom stereocenters. The van der Waals surface area contributed by atoms with Gasteiger partial charge in [-0.3, -0.25) is 4.79 Å². The minimum Gasteiger partial charge on any atom is -0.497 e. The van der Waals surface area contributed by atoms with Crippen LogP contribution in [0, 0.1) is 5.92 Å². The first-order valence-corrected chi connectivity index (χ1v) is 6.21. The van der Waals surface area contributed by atoms with E-state index in [1.165, 1.54) is 7.11 Å². The number of methoxy groups -OCH3 is 2. The zero-order chi connectivity index (χ0) is 13.0. The Hall–Kier alpha value is -1.71. The van der Waals surface area contributed by atoms with Crippen molar-refractivity contribution in [2.45, 2.75) is 12.8 Å². The Bertz CT molecular complexity index is 402. The number of nitrogens with zero attached hydrogens (tertiary/aromatic N) is 1. The molecule has 18 heavy (non-hydrogen) atoms. The lowest BCUT2D eigenvalue weighted by Crippen LogP contribution is -2.39. The first-order valence-electron chi connectivity index (χ1n) is 6.21. The number of rotatable bonds is 3. The van der Waals surface area contributed by atoms with Crippen LogP contribution in [0.25, 0.3) is 0 Å². The summed E-state index contributed by atoms with van der Waals surface area (Å²) >= 11 is 0. The van der Waals surface area contributed by atoms with Gasteiger partial charge in [0.1, 0.15) is 5.75 Å². The van der Waals surface area contributed by atoms with Crippen molar-refractivity contribution in [3.8, 4) is 5.75 Å². The average molecular weight is 249 g/mol. The third-order valence-corrected chi connectivity index (χ3v) is 3.39. The lowest BCUT2D eigenvalue weighted by atomic mass is 9.98. The van der Waals surface area contributed by atoms with Gasteiger partial charge in [-0.15, -0.1) is 0 Å². The summed E-state index contributed by atoms with van der Waals surface area (Å²) in [5, 5.41) is 0. The zero-order valence-corrected chi connectivity index (χ0v) is 10.9. The fourth-order valence-corrected chi connectivity index (χ4v) is 2.36. The van der Waals surface area contributed by atoms with Gasteiger partial charge < -0.3 is 14.4 Å². The van der Waals surface area contributed by atoms with Gasteiger partial charge in [-0.25, -0.2) is 0 Å². The molecule has 1 heterocycles. The highest BCUT2D eigenvalue weighted by Crippen LogP contribution is 2.25. The Morgan fingerprint density at radius 2 is 2.00 bits per heavy atom. The lowest BCUT2D eigenvalue weighted by Gasteiger charge is -2.33. The number of anilines is 1. The molecule has 4 nitrogen and oxygen atoms in total. The highest BCUT2D eigenvalue weighted by molar-refractivity contribution is 5.73. The van der Waals surface area contributed by atoms with E-state index in [1.807, 2.05) is 24.3 Å². The van der Waals surface area contributed by atoms with Crippen molar-refractivity contribution >= 4 is 11.7 Å². The normalized spacial score (nSPS) is 19.4. The van der Waals surface area contributed by atoms with Crippen LogP contribution in [0.5, 0.6) is 5.75 Å². The van der Waals surface area contributed by atoms with Crippen molar-refractivity contribution in [2.75, 3.05) is 32.2 Å².